The van der Waals surface area contributed by atoms with Crippen molar-refractivity contribution in [2.45, 2.75) is 25.5 Å². The summed E-state index contributed by atoms with van der Waals surface area (Å²) < 4.78 is 2.18. The van der Waals surface area contributed by atoms with Crippen molar-refractivity contribution in [3.05, 3.63) is 17.3 Å². The maximum Gasteiger partial charge on any atom is 0.170 e. The molecule has 112 valence electrons. The van der Waals surface area contributed by atoms with Crippen LogP contribution in [0.2, 0.25) is 5.15 Å². The molecule has 0 spiro atoms. The first-order valence-corrected chi connectivity index (χ1v) is 8.20. The first-order chi connectivity index (χ1) is 9.19. The Kier molecular flexibility index (Phi) is 7.09. The molecule has 4 nitrogen and oxygen atoms in total. The molecule has 0 saturated heterocycles. The van der Waals surface area contributed by atoms with Gasteiger partial charge in [-0.2, -0.15) is 0 Å². The molecule has 0 amide bonds. The molecule has 2 aromatic heterocycles. The van der Waals surface area contributed by atoms with Crippen molar-refractivity contribution in [3.8, 4) is 0 Å². The Morgan fingerprint density at radius 3 is 2.55 bits per heavy atom. The van der Waals surface area contributed by atoms with Crippen LogP contribution in [0, 0.1) is 0 Å². The van der Waals surface area contributed by atoms with Crippen LogP contribution in [0.5, 0.6) is 0 Å². The van der Waals surface area contributed by atoms with Crippen LogP contribution < -0.4 is 17.3 Å². The van der Waals surface area contributed by atoms with Crippen LogP contribution in [0.25, 0.3) is 11.2 Å². The molecule has 0 bridgehead atoms. The van der Waals surface area contributed by atoms with Crippen LogP contribution in [-0.4, -0.2) is 40.4 Å². The van der Waals surface area contributed by atoms with E-state index < -0.39 is 0 Å². The van der Waals surface area contributed by atoms with Crippen LogP contribution in [0.4, 0.5) is 0 Å². The average molecular weight is 335 g/mol. The van der Waals surface area contributed by atoms with E-state index in [-0.39, 0.29) is 12.4 Å². The van der Waals surface area contributed by atoms with Gasteiger partial charge in [-0.05, 0) is 32.2 Å². The lowest BCUT2D eigenvalue weighted by Gasteiger charge is -2.16. The van der Waals surface area contributed by atoms with Gasteiger partial charge in [0.25, 0.3) is 0 Å². The highest BCUT2D eigenvalue weighted by molar-refractivity contribution is 7.98. The number of likely N-dealkylation sites (N-methyl/N-ethyl adjacent to an activating group) is 1. The molecule has 0 aliphatic rings. The smallest absolute Gasteiger partial charge is 0.170 e. The van der Waals surface area contributed by atoms with Crippen molar-refractivity contribution in [2.75, 3.05) is 25.9 Å². The zero-order chi connectivity index (χ0) is 13.8. The standard InChI is InChI=1S/C13H19ClN4S.ClH/c1-4-17(5-2)8-9-18-12-10(15-13(18)19-3)6-7-11(14)16-12;/h6-7H,4-5,8-9H2,1-3H3;1H. The molecule has 0 radical (unpaired) electrons. The first-order valence-electron chi connectivity index (χ1n) is 6.59. The van der Waals surface area contributed by atoms with Crippen molar-refractivity contribution in [1.82, 2.24) is 14.5 Å². The molecule has 0 atom stereocenters. The molecular formula is C13H20Cl2N4S. The molecule has 2 aromatic rings. The molecule has 20 heavy (non-hydrogen) atoms. The van der Waals surface area contributed by atoms with Gasteiger partial charge in [0.1, 0.15) is 10.7 Å². The third kappa shape index (κ3) is 3.79. The first kappa shape index (κ1) is 17.6. The molecule has 0 aliphatic carbocycles. The molecule has 0 fully saturated rings. The minimum Gasteiger partial charge on any atom is -1.00 e. The van der Waals surface area contributed by atoms with Crippen molar-refractivity contribution in [1.29, 1.82) is 0 Å². The Hall–Kier alpha value is -0.490. The molecule has 7 heteroatoms. The Labute approximate surface area is 135 Å². The van der Waals surface area contributed by atoms with E-state index in [0.29, 0.717) is 5.15 Å². The highest BCUT2D eigenvalue weighted by Gasteiger charge is 2.13. The Morgan fingerprint density at radius 1 is 1.25 bits per heavy atom. The second-order valence-electron chi connectivity index (χ2n) is 4.43. The molecule has 0 saturated carbocycles. The maximum atomic E-state index is 6.00. The number of hydrogen-bond donors (Lipinski definition) is 1. The summed E-state index contributed by atoms with van der Waals surface area (Å²) in [5.41, 5.74) is 1.81. The second kappa shape index (κ2) is 8.08. The number of nitrogens with zero attached hydrogens (tertiary/aromatic N) is 3. The Bertz CT molecular complexity index is 555. The molecular weight excluding hydrogens is 315 g/mol. The SMILES string of the molecule is CC[NH+](CC)CCn1c(SC)nc2ccc(Cl)nc21.[Cl-]. The molecule has 0 unspecified atom stereocenters. The summed E-state index contributed by atoms with van der Waals surface area (Å²) in [6.07, 6.45) is 2.05. The number of imidazole rings is 1. The van der Waals surface area contributed by atoms with E-state index in [2.05, 4.69) is 28.4 Å². The van der Waals surface area contributed by atoms with E-state index >= 15 is 0 Å². The number of rotatable bonds is 6. The van der Waals surface area contributed by atoms with Gasteiger partial charge in [-0.15, -0.1) is 0 Å². The predicted octanol–water partition coefficient (Wildman–Crippen LogP) is -1.26. The number of thioether (sulfide) groups is 1. The zero-order valence-corrected chi connectivity index (χ0v) is 14.3. The second-order valence-corrected chi connectivity index (χ2v) is 5.59. The van der Waals surface area contributed by atoms with Gasteiger partial charge in [0.15, 0.2) is 10.8 Å². The Balaban J connectivity index is 0.00000200. The summed E-state index contributed by atoms with van der Waals surface area (Å²) >= 11 is 7.65. The topological polar surface area (TPSA) is 35.2 Å². The monoisotopic (exact) mass is 334 g/mol. The normalized spacial score (nSPS) is 11.1. The summed E-state index contributed by atoms with van der Waals surface area (Å²) in [5, 5.41) is 1.54. The number of fused-ring (bicyclic) bond motifs is 1. The van der Waals surface area contributed by atoms with Gasteiger partial charge in [-0.3, -0.25) is 4.57 Å². The van der Waals surface area contributed by atoms with Gasteiger partial charge in [0, 0.05) is 0 Å². The summed E-state index contributed by atoms with van der Waals surface area (Å²) in [6, 6.07) is 3.73. The molecule has 0 aliphatic heterocycles. The lowest BCUT2D eigenvalue weighted by molar-refractivity contribution is -0.897. The fourth-order valence-corrected chi connectivity index (χ4v) is 2.92. The van der Waals surface area contributed by atoms with Crippen LogP contribution >= 0.6 is 23.4 Å². The van der Waals surface area contributed by atoms with Crippen LogP contribution in [0.15, 0.2) is 17.3 Å². The van der Waals surface area contributed by atoms with E-state index in [1.807, 2.05) is 12.3 Å². The average Bonchev–Trinajstić information content (AvgIpc) is 2.77. The highest BCUT2D eigenvalue weighted by Crippen LogP contribution is 2.22. The summed E-state index contributed by atoms with van der Waals surface area (Å²) in [5.74, 6) is 0. The quantitative estimate of drug-likeness (QED) is 0.529. The van der Waals surface area contributed by atoms with Crippen molar-refractivity contribution >= 4 is 34.5 Å². The maximum absolute atomic E-state index is 6.00. The van der Waals surface area contributed by atoms with E-state index in [4.69, 9.17) is 11.6 Å². The molecule has 2 rings (SSSR count). The van der Waals surface area contributed by atoms with Crippen LogP contribution in [0.1, 0.15) is 13.8 Å². The zero-order valence-electron chi connectivity index (χ0n) is 12.0. The molecule has 2 heterocycles. The molecule has 0 aromatic carbocycles. The van der Waals surface area contributed by atoms with Gasteiger partial charge in [-0.1, -0.05) is 23.4 Å². The van der Waals surface area contributed by atoms with Crippen molar-refractivity contribution in [3.63, 3.8) is 0 Å². The number of hydrogen-bond acceptors (Lipinski definition) is 3. The number of pyridine rings is 1. The lowest BCUT2D eigenvalue weighted by atomic mass is 10.4. The third-order valence-corrected chi connectivity index (χ3v) is 4.28. The van der Waals surface area contributed by atoms with Crippen molar-refractivity contribution in [2.24, 2.45) is 0 Å². The number of halogens is 2. The van der Waals surface area contributed by atoms with E-state index in [0.717, 1.165) is 42.5 Å². The predicted molar refractivity (Wildman–Crippen MR) is 81.2 cm³/mol. The lowest BCUT2D eigenvalue weighted by Crippen LogP contribution is -3.11. The third-order valence-electron chi connectivity index (χ3n) is 3.39. The fraction of sp³-hybridized carbons (Fsp3) is 0.538. The van der Waals surface area contributed by atoms with E-state index in [1.54, 1.807) is 22.7 Å². The van der Waals surface area contributed by atoms with Gasteiger partial charge < -0.3 is 17.3 Å². The Morgan fingerprint density at radius 2 is 1.95 bits per heavy atom. The van der Waals surface area contributed by atoms with Crippen LogP contribution in [0.3, 0.4) is 0 Å². The molecule has 1 N–H and O–H groups in total. The van der Waals surface area contributed by atoms with E-state index in [1.165, 1.54) is 0 Å². The summed E-state index contributed by atoms with van der Waals surface area (Å²) in [6.45, 7) is 8.74. The minimum absolute atomic E-state index is 0. The largest absolute Gasteiger partial charge is 1.00 e. The highest BCUT2D eigenvalue weighted by atomic mass is 35.5. The summed E-state index contributed by atoms with van der Waals surface area (Å²) in [7, 11) is 0. The fourth-order valence-electron chi connectivity index (χ4n) is 2.19. The van der Waals surface area contributed by atoms with Gasteiger partial charge in [0.05, 0.1) is 26.2 Å². The van der Waals surface area contributed by atoms with E-state index in [9.17, 15) is 0 Å². The van der Waals surface area contributed by atoms with Gasteiger partial charge in [-0.25, -0.2) is 9.97 Å². The van der Waals surface area contributed by atoms with Gasteiger partial charge in [0.2, 0.25) is 0 Å². The minimum atomic E-state index is 0. The number of aromatic nitrogens is 3. The van der Waals surface area contributed by atoms with Gasteiger partial charge >= 0.3 is 0 Å². The number of quaternary nitrogens is 1. The van der Waals surface area contributed by atoms with Crippen LogP contribution in [-0.2, 0) is 6.54 Å². The number of nitrogens with one attached hydrogen (secondary N) is 1. The summed E-state index contributed by atoms with van der Waals surface area (Å²) in [4.78, 5) is 10.6. The van der Waals surface area contributed by atoms with Crippen molar-refractivity contribution < 1.29 is 17.3 Å².